The van der Waals surface area contributed by atoms with Gasteiger partial charge in [0.15, 0.2) is 0 Å². The van der Waals surface area contributed by atoms with Crippen LogP contribution in [0.4, 0.5) is 0 Å². The summed E-state index contributed by atoms with van der Waals surface area (Å²) in [5, 5.41) is 19.7. The van der Waals surface area contributed by atoms with Crippen LogP contribution in [0.1, 0.15) is 12.7 Å². The van der Waals surface area contributed by atoms with Crippen molar-refractivity contribution in [3.05, 3.63) is 63.7 Å². The summed E-state index contributed by atoms with van der Waals surface area (Å²) < 4.78 is 21.4. The first-order valence-corrected chi connectivity index (χ1v) is 10.0. The first kappa shape index (κ1) is 22.8. The monoisotopic (exact) mass is 489 g/mol. The van der Waals surface area contributed by atoms with Gasteiger partial charge in [0.25, 0.3) is 0 Å². The van der Waals surface area contributed by atoms with Crippen LogP contribution in [0.5, 0.6) is 17.5 Å². The molecule has 3 heterocycles. The molecule has 11 nitrogen and oxygen atoms in total. The predicted octanol–water partition coefficient (Wildman–Crippen LogP) is 3.02. The molecule has 0 aliphatic rings. The van der Waals surface area contributed by atoms with E-state index in [4.69, 9.17) is 34.7 Å². The van der Waals surface area contributed by atoms with Gasteiger partial charge in [-0.2, -0.15) is 0 Å². The molecule has 2 N–H and O–H groups in total. The van der Waals surface area contributed by atoms with Crippen LogP contribution in [0.25, 0.3) is 22.3 Å². The van der Waals surface area contributed by atoms with Gasteiger partial charge >= 0.3 is 17.6 Å². The number of halogens is 1. The summed E-state index contributed by atoms with van der Waals surface area (Å²) in [7, 11) is 0. The molecule has 4 aromatic rings. The van der Waals surface area contributed by atoms with E-state index in [0.717, 1.165) is 12.1 Å². The molecule has 1 aromatic carbocycles. The van der Waals surface area contributed by atoms with Crippen molar-refractivity contribution in [2.45, 2.75) is 13.3 Å². The minimum Gasteiger partial charge on any atom is -0.492 e. The molecule has 0 atom stereocenters. The Balaban J connectivity index is 1.53. The molecule has 0 radical (unpaired) electrons. The third-order valence-corrected chi connectivity index (χ3v) is 4.80. The van der Waals surface area contributed by atoms with E-state index in [9.17, 15) is 24.6 Å². The quantitative estimate of drug-likeness (QED) is 0.225. The molecular weight excluding hydrogens is 474 g/mol. The summed E-state index contributed by atoms with van der Waals surface area (Å²) in [6, 6.07) is 9.63. The number of hydrogen-bond donors (Lipinski definition) is 2. The number of esters is 1. The number of carbonyl (C=O) groups excluding carboxylic acids is 2. The zero-order chi connectivity index (χ0) is 24.4. The maximum atomic E-state index is 12.5. The van der Waals surface area contributed by atoms with Crippen molar-refractivity contribution in [3.63, 3.8) is 0 Å². The van der Waals surface area contributed by atoms with Crippen LogP contribution in [-0.2, 0) is 20.7 Å². The highest BCUT2D eigenvalue weighted by Gasteiger charge is 2.18. The molecule has 0 saturated heterocycles. The van der Waals surface area contributed by atoms with Crippen LogP contribution < -0.4 is 15.2 Å². The Morgan fingerprint density at radius 1 is 1.06 bits per heavy atom. The summed E-state index contributed by atoms with van der Waals surface area (Å²) in [6.07, 6.45) is -0.342. The normalized spacial score (nSPS) is 10.9. The molecule has 34 heavy (non-hydrogen) atoms. The standard InChI is InChI=1S/C22H16ClNO10/c1-11(25)30-10-31-18-9-17-12(7-15(18)23)6-14(22(29)33-17)16-3-2-13(32-16)8-21(28)34-24-19(26)4-5-20(24)27/h2-7,9,26-27H,8,10H2,1H3. The molecule has 4 rings (SSSR count). The van der Waals surface area contributed by atoms with Gasteiger partial charge in [-0.1, -0.05) is 11.6 Å². The van der Waals surface area contributed by atoms with E-state index in [1.165, 1.54) is 37.3 Å². The second-order valence-corrected chi connectivity index (χ2v) is 7.32. The van der Waals surface area contributed by atoms with Gasteiger partial charge in [0.1, 0.15) is 34.8 Å². The maximum absolute atomic E-state index is 12.5. The van der Waals surface area contributed by atoms with E-state index < -0.39 is 29.3 Å². The molecule has 0 bridgehead atoms. The Kier molecular flexibility index (Phi) is 6.19. The van der Waals surface area contributed by atoms with Crippen LogP contribution >= 0.6 is 11.6 Å². The lowest BCUT2D eigenvalue weighted by Crippen LogP contribution is -2.20. The minimum absolute atomic E-state index is 0.0810. The van der Waals surface area contributed by atoms with E-state index in [-0.39, 0.29) is 46.7 Å². The first-order valence-electron chi connectivity index (χ1n) is 9.65. The fraction of sp³-hybridized carbons (Fsp3) is 0.136. The van der Waals surface area contributed by atoms with Crippen molar-refractivity contribution < 1.29 is 42.9 Å². The van der Waals surface area contributed by atoms with Crippen molar-refractivity contribution in [3.8, 4) is 28.8 Å². The highest BCUT2D eigenvalue weighted by atomic mass is 35.5. The third-order valence-electron chi connectivity index (χ3n) is 4.50. The van der Waals surface area contributed by atoms with Crippen molar-refractivity contribution >= 4 is 34.5 Å². The Labute approximate surface area is 195 Å². The van der Waals surface area contributed by atoms with Crippen molar-refractivity contribution in [2.75, 3.05) is 6.79 Å². The number of rotatable bonds is 7. The van der Waals surface area contributed by atoms with Gasteiger partial charge in [-0.15, -0.1) is 4.73 Å². The molecule has 0 unspecified atom stereocenters. The number of aromatic nitrogens is 1. The molecule has 3 aromatic heterocycles. The van der Waals surface area contributed by atoms with E-state index in [2.05, 4.69) is 0 Å². The number of fused-ring (bicyclic) bond motifs is 1. The summed E-state index contributed by atoms with van der Waals surface area (Å²) in [6.45, 7) is 0.872. The number of benzene rings is 1. The molecule has 0 aliphatic heterocycles. The van der Waals surface area contributed by atoms with Crippen LogP contribution in [0.3, 0.4) is 0 Å². The Bertz CT molecular complexity index is 1430. The molecule has 0 fully saturated rings. The zero-order valence-electron chi connectivity index (χ0n) is 17.4. The van der Waals surface area contributed by atoms with Crippen LogP contribution in [0, 0.1) is 0 Å². The van der Waals surface area contributed by atoms with Crippen molar-refractivity contribution in [1.29, 1.82) is 0 Å². The lowest BCUT2D eigenvalue weighted by Gasteiger charge is -2.09. The van der Waals surface area contributed by atoms with Crippen molar-refractivity contribution in [1.82, 2.24) is 4.73 Å². The van der Waals surface area contributed by atoms with Gasteiger partial charge in [0.2, 0.25) is 18.6 Å². The zero-order valence-corrected chi connectivity index (χ0v) is 18.2. The molecule has 0 amide bonds. The first-order chi connectivity index (χ1) is 16.2. The van der Waals surface area contributed by atoms with E-state index in [0.29, 0.717) is 10.1 Å². The Morgan fingerprint density at radius 2 is 1.79 bits per heavy atom. The number of carbonyl (C=O) groups is 2. The van der Waals surface area contributed by atoms with E-state index in [1.54, 1.807) is 0 Å². The van der Waals surface area contributed by atoms with Crippen LogP contribution in [0.2, 0.25) is 5.02 Å². The lowest BCUT2D eigenvalue weighted by molar-refractivity contribution is -0.147. The highest BCUT2D eigenvalue weighted by Crippen LogP contribution is 2.32. The molecular formula is C22H16ClNO10. The summed E-state index contributed by atoms with van der Waals surface area (Å²) in [5.41, 5.74) is -0.457. The lowest BCUT2D eigenvalue weighted by atomic mass is 10.1. The third kappa shape index (κ3) is 4.84. The van der Waals surface area contributed by atoms with Crippen molar-refractivity contribution in [2.24, 2.45) is 0 Å². The van der Waals surface area contributed by atoms with Gasteiger partial charge in [-0.05, 0) is 24.3 Å². The molecule has 0 aliphatic carbocycles. The van der Waals surface area contributed by atoms with Crippen LogP contribution in [0.15, 0.2) is 56.1 Å². The Hall–Kier alpha value is -4.38. The predicted molar refractivity (Wildman–Crippen MR) is 116 cm³/mol. The Morgan fingerprint density at radius 3 is 2.50 bits per heavy atom. The van der Waals surface area contributed by atoms with Gasteiger partial charge in [0, 0.05) is 30.5 Å². The fourth-order valence-corrected chi connectivity index (χ4v) is 3.19. The average Bonchev–Trinajstić information content (AvgIpc) is 3.35. The van der Waals surface area contributed by atoms with E-state index >= 15 is 0 Å². The minimum atomic E-state index is -0.832. The van der Waals surface area contributed by atoms with Gasteiger partial charge < -0.3 is 33.4 Å². The van der Waals surface area contributed by atoms with Crippen LogP contribution in [-0.4, -0.2) is 33.7 Å². The molecule has 176 valence electrons. The van der Waals surface area contributed by atoms with E-state index in [1.807, 2.05) is 0 Å². The number of aromatic hydroxyl groups is 2. The van der Waals surface area contributed by atoms with Gasteiger partial charge in [0.05, 0.1) is 5.02 Å². The summed E-state index contributed by atoms with van der Waals surface area (Å²) >= 11 is 6.20. The topological polar surface area (TPSA) is 151 Å². The maximum Gasteiger partial charge on any atom is 0.347 e. The molecule has 0 saturated carbocycles. The molecule has 0 spiro atoms. The SMILES string of the molecule is CC(=O)OCOc1cc2oc(=O)c(-c3ccc(CC(=O)On4c(O)ccc4O)o3)cc2cc1Cl. The van der Waals surface area contributed by atoms with Gasteiger partial charge in [-0.3, -0.25) is 4.79 Å². The number of hydrogen-bond acceptors (Lipinski definition) is 10. The number of nitrogens with zero attached hydrogens (tertiary/aromatic N) is 1. The van der Waals surface area contributed by atoms with Gasteiger partial charge in [-0.25, -0.2) is 9.59 Å². The average molecular weight is 490 g/mol. The summed E-state index contributed by atoms with van der Waals surface area (Å²) in [4.78, 5) is 40.3. The fourth-order valence-electron chi connectivity index (χ4n) is 2.97. The molecule has 12 heteroatoms. The second kappa shape index (κ2) is 9.24. The highest BCUT2D eigenvalue weighted by molar-refractivity contribution is 6.32. The summed E-state index contributed by atoms with van der Waals surface area (Å²) in [5.74, 6) is -1.82. The number of furan rings is 1. The number of ether oxygens (including phenoxy) is 2. The second-order valence-electron chi connectivity index (χ2n) is 6.92. The largest absolute Gasteiger partial charge is 0.492 e. The smallest absolute Gasteiger partial charge is 0.347 e.